The molecule has 0 amide bonds. The van der Waals surface area contributed by atoms with E-state index in [0.717, 1.165) is 0 Å². The van der Waals surface area contributed by atoms with Crippen molar-refractivity contribution in [3.05, 3.63) is 49.1 Å². The van der Waals surface area contributed by atoms with Crippen LogP contribution in [0.3, 0.4) is 0 Å². The largest absolute Gasteiger partial charge is 0.265 e. The first-order valence-electron chi connectivity index (χ1n) is 5.18. The van der Waals surface area contributed by atoms with Crippen molar-refractivity contribution in [2.45, 2.75) is 19.9 Å². The maximum Gasteiger partial charge on any atom is 0.169 e. The Labute approximate surface area is 90.2 Å². The summed E-state index contributed by atoms with van der Waals surface area (Å²) in [6.07, 6.45) is 7.86. The first-order valence-corrected chi connectivity index (χ1v) is 5.18. The number of pyridine rings is 2. The molecule has 0 bridgehead atoms. The monoisotopic (exact) mass is 199 g/mol. The van der Waals surface area contributed by atoms with Crippen LogP contribution in [-0.2, 0) is 0 Å². The molecule has 0 atom stereocenters. The predicted octanol–water partition coefficient (Wildman–Crippen LogP) is 2.62. The summed E-state index contributed by atoms with van der Waals surface area (Å²) in [6.45, 7) is 4.35. The summed E-state index contributed by atoms with van der Waals surface area (Å²) in [5.41, 5.74) is 2.44. The Morgan fingerprint density at radius 3 is 2.00 bits per heavy atom. The zero-order valence-corrected chi connectivity index (χ0v) is 9.09. The smallest absolute Gasteiger partial charge is 0.169 e. The molecule has 0 aliphatic heterocycles. The van der Waals surface area contributed by atoms with Crippen molar-refractivity contribution in [2.24, 2.45) is 0 Å². The number of hydrogen-bond acceptors (Lipinski definition) is 1. The average Bonchev–Trinajstić information content (AvgIpc) is 2.30. The Hall–Kier alpha value is -1.70. The van der Waals surface area contributed by atoms with Crippen molar-refractivity contribution in [3.8, 4) is 11.1 Å². The van der Waals surface area contributed by atoms with E-state index in [0.29, 0.717) is 6.04 Å². The molecule has 0 aliphatic carbocycles. The van der Waals surface area contributed by atoms with Crippen molar-refractivity contribution >= 4 is 0 Å². The van der Waals surface area contributed by atoms with Gasteiger partial charge in [-0.05, 0) is 37.1 Å². The SMILES string of the molecule is CC(C)[n+]1ccc(-c2ccncc2)cc1. The lowest BCUT2D eigenvalue weighted by Gasteiger charge is -2.02. The molecule has 2 aromatic rings. The lowest BCUT2D eigenvalue weighted by atomic mass is 10.1. The van der Waals surface area contributed by atoms with Gasteiger partial charge >= 0.3 is 0 Å². The van der Waals surface area contributed by atoms with Crippen LogP contribution in [0.25, 0.3) is 11.1 Å². The standard InChI is InChI=1S/C13H15N2/c1-11(2)15-9-5-13(6-10-15)12-3-7-14-8-4-12/h3-11H,1-2H3/q+1. The summed E-state index contributed by atoms with van der Waals surface area (Å²) in [7, 11) is 0. The first kappa shape index (κ1) is 9.84. The molecule has 2 nitrogen and oxygen atoms in total. The molecule has 0 unspecified atom stereocenters. The molecule has 2 aromatic heterocycles. The van der Waals surface area contributed by atoms with Crippen molar-refractivity contribution in [1.29, 1.82) is 0 Å². The third-order valence-electron chi connectivity index (χ3n) is 2.46. The van der Waals surface area contributed by atoms with Crippen LogP contribution in [-0.4, -0.2) is 4.98 Å². The maximum atomic E-state index is 4.01. The molecule has 2 heterocycles. The van der Waals surface area contributed by atoms with Crippen LogP contribution >= 0.6 is 0 Å². The van der Waals surface area contributed by atoms with Gasteiger partial charge in [-0.1, -0.05) is 0 Å². The molecule has 0 spiro atoms. The minimum atomic E-state index is 0.511. The van der Waals surface area contributed by atoms with E-state index >= 15 is 0 Å². The van der Waals surface area contributed by atoms with E-state index in [9.17, 15) is 0 Å². The van der Waals surface area contributed by atoms with E-state index in [2.05, 4.69) is 47.9 Å². The second-order valence-corrected chi connectivity index (χ2v) is 3.86. The Kier molecular flexibility index (Phi) is 2.77. The topological polar surface area (TPSA) is 16.8 Å². The molecular weight excluding hydrogens is 184 g/mol. The van der Waals surface area contributed by atoms with Gasteiger partial charge in [0.15, 0.2) is 18.4 Å². The van der Waals surface area contributed by atoms with Gasteiger partial charge in [-0.25, -0.2) is 4.57 Å². The number of aromatic nitrogens is 2. The summed E-state index contributed by atoms with van der Waals surface area (Å²) in [5.74, 6) is 0. The molecule has 2 heteroatoms. The lowest BCUT2D eigenvalue weighted by Crippen LogP contribution is -2.34. The molecule has 0 aliphatic rings. The van der Waals surface area contributed by atoms with E-state index in [1.54, 1.807) is 0 Å². The van der Waals surface area contributed by atoms with Crippen molar-refractivity contribution < 1.29 is 4.57 Å². The molecule has 2 rings (SSSR count). The van der Waals surface area contributed by atoms with Crippen molar-refractivity contribution in [1.82, 2.24) is 4.98 Å². The predicted molar refractivity (Wildman–Crippen MR) is 60.3 cm³/mol. The summed E-state index contributed by atoms with van der Waals surface area (Å²) < 4.78 is 2.19. The van der Waals surface area contributed by atoms with Crippen LogP contribution < -0.4 is 4.57 Å². The Morgan fingerprint density at radius 1 is 0.933 bits per heavy atom. The van der Waals surface area contributed by atoms with Gasteiger partial charge in [0.25, 0.3) is 0 Å². The summed E-state index contributed by atoms with van der Waals surface area (Å²) >= 11 is 0. The second kappa shape index (κ2) is 4.22. The highest BCUT2D eigenvalue weighted by atomic mass is 15.0. The minimum absolute atomic E-state index is 0.511. The van der Waals surface area contributed by atoms with Crippen molar-refractivity contribution in [3.63, 3.8) is 0 Å². The van der Waals surface area contributed by atoms with Gasteiger partial charge in [0.05, 0.1) is 0 Å². The van der Waals surface area contributed by atoms with Crippen LogP contribution in [0.2, 0.25) is 0 Å². The average molecular weight is 199 g/mol. The zero-order valence-electron chi connectivity index (χ0n) is 9.09. The highest BCUT2D eigenvalue weighted by Gasteiger charge is 2.05. The molecular formula is C13H15N2+. The number of nitrogens with zero attached hydrogens (tertiary/aromatic N) is 2. The molecule has 76 valence electrons. The first-order chi connectivity index (χ1) is 7.27. The molecule has 0 saturated heterocycles. The van der Waals surface area contributed by atoms with Gasteiger partial charge in [0.1, 0.15) is 0 Å². The van der Waals surface area contributed by atoms with Gasteiger partial charge < -0.3 is 0 Å². The quantitative estimate of drug-likeness (QED) is 0.679. The van der Waals surface area contributed by atoms with Gasteiger partial charge in [-0.2, -0.15) is 0 Å². The molecule has 0 N–H and O–H groups in total. The summed E-state index contributed by atoms with van der Waals surface area (Å²) in [5, 5.41) is 0. The van der Waals surface area contributed by atoms with Gasteiger partial charge in [-0.3, -0.25) is 4.98 Å². The van der Waals surface area contributed by atoms with Crippen LogP contribution in [0.15, 0.2) is 49.1 Å². The van der Waals surface area contributed by atoms with E-state index in [1.165, 1.54) is 11.1 Å². The highest BCUT2D eigenvalue weighted by molar-refractivity contribution is 5.61. The second-order valence-electron chi connectivity index (χ2n) is 3.86. The van der Waals surface area contributed by atoms with Crippen LogP contribution in [0.1, 0.15) is 19.9 Å². The molecule has 0 aromatic carbocycles. The molecule has 15 heavy (non-hydrogen) atoms. The number of rotatable bonds is 2. The summed E-state index contributed by atoms with van der Waals surface area (Å²) in [4.78, 5) is 4.01. The number of hydrogen-bond donors (Lipinski definition) is 0. The van der Waals surface area contributed by atoms with E-state index in [1.807, 2.05) is 24.5 Å². The Bertz CT molecular complexity index is 418. The lowest BCUT2D eigenvalue weighted by molar-refractivity contribution is -0.716. The fourth-order valence-electron chi connectivity index (χ4n) is 1.52. The van der Waals surface area contributed by atoms with Crippen LogP contribution in [0.4, 0.5) is 0 Å². The molecule has 0 radical (unpaired) electrons. The highest BCUT2D eigenvalue weighted by Crippen LogP contribution is 2.15. The van der Waals surface area contributed by atoms with Gasteiger partial charge in [-0.15, -0.1) is 0 Å². The fourth-order valence-corrected chi connectivity index (χ4v) is 1.52. The van der Waals surface area contributed by atoms with Crippen LogP contribution in [0.5, 0.6) is 0 Å². The zero-order chi connectivity index (χ0) is 10.7. The minimum Gasteiger partial charge on any atom is -0.265 e. The fraction of sp³-hybridized carbons (Fsp3) is 0.231. The Balaban J connectivity index is 2.32. The van der Waals surface area contributed by atoms with Crippen molar-refractivity contribution in [2.75, 3.05) is 0 Å². The van der Waals surface area contributed by atoms with E-state index in [-0.39, 0.29) is 0 Å². The van der Waals surface area contributed by atoms with E-state index < -0.39 is 0 Å². The van der Waals surface area contributed by atoms with Gasteiger partial charge in [0, 0.05) is 24.5 Å². The third-order valence-corrected chi connectivity index (χ3v) is 2.46. The molecule has 0 fully saturated rings. The van der Waals surface area contributed by atoms with Gasteiger partial charge in [0.2, 0.25) is 0 Å². The third kappa shape index (κ3) is 2.21. The van der Waals surface area contributed by atoms with E-state index in [4.69, 9.17) is 0 Å². The Morgan fingerprint density at radius 2 is 1.47 bits per heavy atom. The summed E-state index contributed by atoms with van der Waals surface area (Å²) in [6, 6.07) is 8.82. The molecule has 0 saturated carbocycles. The maximum absolute atomic E-state index is 4.01. The normalized spacial score (nSPS) is 10.6. The van der Waals surface area contributed by atoms with Crippen LogP contribution in [0, 0.1) is 0 Å².